The molecule has 1 unspecified atom stereocenters. The second-order valence-electron chi connectivity index (χ2n) is 6.77. The molecule has 2 rings (SSSR count). The van der Waals surface area contributed by atoms with E-state index >= 15 is 0 Å². The zero-order valence-corrected chi connectivity index (χ0v) is 14.7. The summed E-state index contributed by atoms with van der Waals surface area (Å²) in [5.74, 6) is -2.12. The van der Waals surface area contributed by atoms with Gasteiger partial charge in [-0.05, 0) is 6.92 Å². The molecule has 0 aromatic rings. The maximum absolute atomic E-state index is 10.4. The SMILES string of the molecule is CC(O)COC[C@@]1(O[C@H]2O[C@H](CO)[C@@H](O)[C@H](O)[C@H]2O)O[C@H](CO)[C@@H](O)[C@@H]1O. The van der Waals surface area contributed by atoms with Crippen molar-refractivity contribution in [1.29, 1.82) is 0 Å². The molecule has 0 saturated carbocycles. The van der Waals surface area contributed by atoms with Crippen LogP contribution in [0.4, 0.5) is 0 Å². The Hall–Kier alpha value is -0.480. The lowest BCUT2D eigenvalue weighted by Crippen LogP contribution is -2.62. The smallest absolute Gasteiger partial charge is 0.224 e. The first kappa shape index (κ1) is 22.8. The van der Waals surface area contributed by atoms with E-state index < -0.39 is 80.7 Å². The Morgan fingerprint density at radius 2 is 1.56 bits per heavy atom. The van der Waals surface area contributed by atoms with Gasteiger partial charge in [0.25, 0.3) is 0 Å². The molecule has 8 N–H and O–H groups in total. The van der Waals surface area contributed by atoms with Gasteiger partial charge < -0.3 is 59.8 Å². The monoisotopic (exact) mass is 400 g/mol. The number of rotatable bonds is 8. The van der Waals surface area contributed by atoms with E-state index in [0.717, 1.165) is 0 Å². The van der Waals surface area contributed by atoms with Crippen LogP contribution in [-0.4, -0.2) is 128 Å². The molecule has 0 aromatic carbocycles. The highest BCUT2D eigenvalue weighted by Gasteiger charge is 2.58. The molecule has 2 aliphatic rings. The highest BCUT2D eigenvalue weighted by atomic mass is 16.8. The molecule has 0 amide bonds. The van der Waals surface area contributed by atoms with Crippen LogP contribution in [0.15, 0.2) is 0 Å². The van der Waals surface area contributed by atoms with E-state index in [4.69, 9.17) is 18.9 Å². The zero-order chi connectivity index (χ0) is 20.4. The molecule has 0 spiro atoms. The molecule has 12 nitrogen and oxygen atoms in total. The molecule has 0 aliphatic carbocycles. The van der Waals surface area contributed by atoms with Crippen molar-refractivity contribution in [2.45, 2.75) is 67.8 Å². The maximum atomic E-state index is 10.4. The van der Waals surface area contributed by atoms with Crippen molar-refractivity contribution in [3.8, 4) is 0 Å². The van der Waals surface area contributed by atoms with Crippen LogP contribution in [0, 0.1) is 0 Å². The summed E-state index contributed by atoms with van der Waals surface area (Å²) in [5.41, 5.74) is 0. The van der Waals surface area contributed by atoms with Gasteiger partial charge in [-0.3, -0.25) is 0 Å². The molecule has 27 heavy (non-hydrogen) atoms. The van der Waals surface area contributed by atoms with Crippen molar-refractivity contribution in [2.75, 3.05) is 26.4 Å². The molecular formula is C15H28O12. The van der Waals surface area contributed by atoms with Gasteiger partial charge in [-0.15, -0.1) is 0 Å². The predicted molar refractivity (Wildman–Crippen MR) is 84.1 cm³/mol. The van der Waals surface area contributed by atoms with Crippen LogP contribution < -0.4 is 0 Å². The van der Waals surface area contributed by atoms with Gasteiger partial charge in [0.2, 0.25) is 5.79 Å². The van der Waals surface area contributed by atoms with Crippen LogP contribution in [0.3, 0.4) is 0 Å². The van der Waals surface area contributed by atoms with E-state index in [0.29, 0.717) is 0 Å². The first-order valence-electron chi connectivity index (χ1n) is 8.55. The van der Waals surface area contributed by atoms with E-state index in [1.807, 2.05) is 0 Å². The summed E-state index contributed by atoms with van der Waals surface area (Å²) < 4.78 is 21.4. The Morgan fingerprint density at radius 1 is 0.926 bits per heavy atom. The summed E-state index contributed by atoms with van der Waals surface area (Å²) in [4.78, 5) is 0. The Kier molecular flexibility index (Phi) is 7.89. The molecule has 2 fully saturated rings. The molecule has 2 saturated heterocycles. The van der Waals surface area contributed by atoms with Crippen molar-refractivity contribution in [3.05, 3.63) is 0 Å². The Morgan fingerprint density at radius 3 is 2.07 bits per heavy atom. The van der Waals surface area contributed by atoms with Crippen LogP contribution in [0.2, 0.25) is 0 Å². The minimum Gasteiger partial charge on any atom is -0.394 e. The second kappa shape index (κ2) is 9.35. The molecule has 0 aromatic heterocycles. The summed E-state index contributed by atoms with van der Waals surface area (Å²) >= 11 is 0. The van der Waals surface area contributed by atoms with Gasteiger partial charge in [0, 0.05) is 0 Å². The van der Waals surface area contributed by atoms with E-state index in [9.17, 15) is 40.9 Å². The minimum atomic E-state index is -2.12. The predicted octanol–water partition coefficient (Wildman–Crippen LogP) is -4.99. The zero-order valence-electron chi connectivity index (χ0n) is 14.7. The molecule has 2 heterocycles. The Labute approximate surface area is 155 Å². The van der Waals surface area contributed by atoms with E-state index in [1.54, 1.807) is 0 Å². The first-order chi connectivity index (χ1) is 12.7. The average Bonchev–Trinajstić information content (AvgIpc) is 2.87. The molecule has 160 valence electrons. The van der Waals surface area contributed by atoms with Gasteiger partial charge in [0.15, 0.2) is 6.29 Å². The van der Waals surface area contributed by atoms with Gasteiger partial charge in [-0.1, -0.05) is 0 Å². The molecular weight excluding hydrogens is 372 g/mol. The molecule has 10 atom stereocenters. The highest BCUT2D eigenvalue weighted by molar-refractivity contribution is 4.98. The number of aliphatic hydroxyl groups is 8. The summed E-state index contributed by atoms with van der Waals surface area (Å²) in [7, 11) is 0. The Bertz CT molecular complexity index is 462. The summed E-state index contributed by atoms with van der Waals surface area (Å²) in [6.45, 7) is -0.601. The van der Waals surface area contributed by atoms with Crippen LogP contribution in [0.25, 0.3) is 0 Å². The third-order valence-electron chi connectivity index (χ3n) is 4.51. The molecule has 12 heteroatoms. The average molecular weight is 400 g/mol. The van der Waals surface area contributed by atoms with E-state index in [-0.39, 0.29) is 6.61 Å². The van der Waals surface area contributed by atoms with Crippen molar-refractivity contribution in [2.24, 2.45) is 0 Å². The number of hydrogen-bond acceptors (Lipinski definition) is 12. The van der Waals surface area contributed by atoms with Crippen LogP contribution in [-0.2, 0) is 18.9 Å². The molecule has 0 radical (unpaired) electrons. The van der Waals surface area contributed by atoms with Gasteiger partial charge in [-0.2, -0.15) is 0 Å². The van der Waals surface area contributed by atoms with Gasteiger partial charge in [-0.25, -0.2) is 0 Å². The van der Waals surface area contributed by atoms with Crippen molar-refractivity contribution >= 4 is 0 Å². The fourth-order valence-corrected chi connectivity index (χ4v) is 2.99. The van der Waals surface area contributed by atoms with Crippen molar-refractivity contribution in [1.82, 2.24) is 0 Å². The third kappa shape index (κ3) is 4.75. The number of aliphatic hydroxyl groups excluding tert-OH is 8. The number of ether oxygens (including phenoxy) is 4. The fraction of sp³-hybridized carbons (Fsp3) is 1.00. The normalized spacial score (nSPS) is 46.6. The maximum Gasteiger partial charge on any atom is 0.224 e. The summed E-state index contributed by atoms with van der Waals surface area (Å²) in [5, 5.41) is 78.1. The van der Waals surface area contributed by atoms with E-state index in [2.05, 4.69) is 0 Å². The summed E-state index contributed by atoms with van der Waals surface area (Å²) in [6, 6.07) is 0. The van der Waals surface area contributed by atoms with E-state index in [1.165, 1.54) is 6.92 Å². The standard InChI is InChI=1S/C15H28O12/c1-6(18)4-24-5-15(13(23)10(20)8(3-17)26-15)27-14-12(22)11(21)9(19)7(2-16)25-14/h6-14,16-23H,2-5H2,1H3/t6?,7-,8-,9-,10-,11+,12-,13+,14-,15+/m1/s1. The van der Waals surface area contributed by atoms with Crippen LogP contribution in [0.5, 0.6) is 0 Å². The quantitative estimate of drug-likeness (QED) is 0.193. The van der Waals surface area contributed by atoms with Gasteiger partial charge in [0.1, 0.15) is 49.3 Å². The Balaban J connectivity index is 2.21. The van der Waals surface area contributed by atoms with Crippen LogP contribution >= 0.6 is 0 Å². The van der Waals surface area contributed by atoms with Gasteiger partial charge in [0.05, 0.1) is 25.9 Å². The first-order valence-corrected chi connectivity index (χ1v) is 8.55. The number of hydrogen-bond donors (Lipinski definition) is 8. The lowest BCUT2D eigenvalue weighted by atomic mass is 9.99. The topological polar surface area (TPSA) is 199 Å². The minimum absolute atomic E-state index is 0.171. The van der Waals surface area contributed by atoms with Crippen molar-refractivity contribution < 1.29 is 59.8 Å². The fourth-order valence-electron chi connectivity index (χ4n) is 2.99. The largest absolute Gasteiger partial charge is 0.394 e. The third-order valence-corrected chi connectivity index (χ3v) is 4.51. The highest BCUT2D eigenvalue weighted by Crippen LogP contribution is 2.36. The van der Waals surface area contributed by atoms with Gasteiger partial charge >= 0.3 is 0 Å². The lowest BCUT2D eigenvalue weighted by Gasteiger charge is -2.43. The second-order valence-corrected chi connectivity index (χ2v) is 6.77. The van der Waals surface area contributed by atoms with Crippen LogP contribution in [0.1, 0.15) is 6.92 Å². The molecule has 0 bridgehead atoms. The van der Waals surface area contributed by atoms with Crippen molar-refractivity contribution in [3.63, 3.8) is 0 Å². The summed E-state index contributed by atoms with van der Waals surface area (Å²) in [6.07, 6.45) is -13.4. The molecule has 2 aliphatic heterocycles. The lowest BCUT2D eigenvalue weighted by molar-refractivity contribution is -0.385.